The highest BCUT2D eigenvalue weighted by atomic mass is 79.9. The number of benzene rings is 1. The average Bonchev–Trinajstić information content (AvgIpc) is 2.85. The third kappa shape index (κ3) is 2.45. The number of nitrogens with one attached hydrogen (secondary N) is 1. The second-order valence-corrected chi connectivity index (χ2v) is 6.36. The van der Waals surface area contributed by atoms with Crippen LogP contribution in [0.5, 0.6) is 0 Å². The van der Waals surface area contributed by atoms with E-state index < -0.39 is 0 Å². The van der Waals surface area contributed by atoms with Crippen LogP contribution in [0.1, 0.15) is 11.3 Å². The molecule has 0 amide bonds. The molecule has 0 atom stereocenters. The molecule has 1 aromatic carbocycles. The molecule has 1 aromatic heterocycles. The van der Waals surface area contributed by atoms with E-state index in [1.165, 1.54) is 0 Å². The van der Waals surface area contributed by atoms with Crippen molar-refractivity contribution in [2.75, 3.05) is 5.43 Å². The van der Waals surface area contributed by atoms with Crippen LogP contribution in [0.25, 0.3) is 11.4 Å². The van der Waals surface area contributed by atoms with Crippen molar-refractivity contribution in [1.29, 1.82) is 0 Å². The molecule has 7 heteroatoms. The molecule has 0 spiro atoms. The predicted octanol–water partition coefficient (Wildman–Crippen LogP) is 3.59. The van der Waals surface area contributed by atoms with Gasteiger partial charge in [0.1, 0.15) is 5.82 Å². The van der Waals surface area contributed by atoms with E-state index in [0.29, 0.717) is 16.7 Å². The lowest BCUT2D eigenvalue weighted by Gasteiger charge is -2.10. The minimum Gasteiger partial charge on any atom is -0.308 e. The maximum absolute atomic E-state index is 5.95. The molecule has 2 heterocycles. The summed E-state index contributed by atoms with van der Waals surface area (Å²) >= 11 is 11.3. The first-order valence-electron chi connectivity index (χ1n) is 5.58. The molecule has 0 saturated carbocycles. The van der Waals surface area contributed by atoms with Crippen molar-refractivity contribution in [3.8, 4) is 11.4 Å². The van der Waals surface area contributed by atoms with Crippen LogP contribution in [0.4, 0.5) is 5.82 Å². The highest BCUT2D eigenvalue weighted by Crippen LogP contribution is 2.36. The number of nitrogens with zero attached hydrogens (tertiary/aromatic N) is 2. The second-order valence-electron chi connectivity index (χ2n) is 4.08. The van der Waals surface area contributed by atoms with Crippen LogP contribution in [0.15, 0.2) is 22.7 Å². The number of fused-ring (bicyclic) bond motifs is 1. The zero-order chi connectivity index (χ0) is 13.4. The average molecular weight is 358 g/mol. The first-order valence-corrected chi connectivity index (χ1v) is 7.91. The summed E-state index contributed by atoms with van der Waals surface area (Å²) < 4.78 is 0.869. The van der Waals surface area contributed by atoms with Crippen molar-refractivity contribution >= 4 is 45.1 Å². The van der Waals surface area contributed by atoms with E-state index >= 15 is 0 Å². The number of halogens is 2. The van der Waals surface area contributed by atoms with Crippen molar-refractivity contribution < 1.29 is 0 Å². The van der Waals surface area contributed by atoms with Gasteiger partial charge in [-0.1, -0.05) is 11.6 Å². The molecule has 3 rings (SSSR count). The Kier molecular flexibility index (Phi) is 3.66. The van der Waals surface area contributed by atoms with Gasteiger partial charge in [0.25, 0.3) is 0 Å². The molecule has 0 fully saturated rings. The molecule has 2 aromatic rings. The zero-order valence-corrected chi connectivity index (χ0v) is 12.9. The third-order valence-corrected chi connectivity index (χ3v) is 4.75. The van der Waals surface area contributed by atoms with Gasteiger partial charge in [-0.2, -0.15) is 11.8 Å². The Labute approximate surface area is 128 Å². The lowest BCUT2D eigenvalue weighted by Crippen LogP contribution is -2.12. The molecule has 98 valence electrons. The number of anilines is 1. The predicted molar refractivity (Wildman–Crippen MR) is 83.0 cm³/mol. The molecule has 0 aliphatic carbocycles. The van der Waals surface area contributed by atoms with Crippen LogP contribution in [0.3, 0.4) is 0 Å². The number of nitrogens with two attached hydrogens (primary N) is 1. The summed E-state index contributed by atoms with van der Waals surface area (Å²) in [6.45, 7) is 0. The van der Waals surface area contributed by atoms with E-state index in [9.17, 15) is 0 Å². The maximum Gasteiger partial charge on any atom is 0.163 e. The Balaban J connectivity index is 2.15. The molecular formula is C12H10BrClN4S. The normalized spacial score (nSPS) is 13.4. The van der Waals surface area contributed by atoms with Gasteiger partial charge in [0.15, 0.2) is 5.82 Å². The molecule has 4 nitrogen and oxygen atoms in total. The number of hydrazine groups is 1. The van der Waals surface area contributed by atoms with Gasteiger partial charge in [0, 0.05) is 32.1 Å². The minimum atomic E-state index is 0.651. The van der Waals surface area contributed by atoms with Crippen LogP contribution in [0.2, 0.25) is 5.02 Å². The standard InChI is InChI=1S/C12H10BrClN4S/c13-9-3-6(14)1-2-7(9)11-16-10-5-19-4-8(10)12(17-11)18-15/h1-3H,4-5,15H2,(H,16,17,18). The monoisotopic (exact) mass is 356 g/mol. The summed E-state index contributed by atoms with van der Waals surface area (Å²) in [7, 11) is 0. The topological polar surface area (TPSA) is 63.8 Å². The van der Waals surface area contributed by atoms with Crippen LogP contribution in [-0.4, -0.2) is 9.97 Å². The van der Waals surface area contributed by atoms with Crippen LogP contribution in [-0.2, 0) is 11.5 Å². The van der Waals surface area contributed by atoms with Crippen LogP contribution in [0, 0.1) is 0 Å². The van der Waals surface area contributed by atoms with E-state index in [-0.39, 0.29) is 0 Å². The highest BCUT2D eigenvalue weighted by molar-refractivity contribution is 9.10. The number of hydrogen-bond acceptors (Lipinski definition) is 5. The number of rotatable bonds is 2. The summed E-state index contributed by atoms with van der Waals surface area (Å²) in [4.78, 5) is 9.11. The molecule has 1 aliphatic heterocycles. The van der Waals surface area contributed by atoms with Gasteiger partial charge in [0.2, 0.25) is 0 Å². The fraction of sp³-hybridized carbons (Fsp3) is 0.167. The molecule has 0 bridgehead atoms. The number of thioether (sulfide) groups is 1. The van der Waals surface area contributed by atoms with E-state index in [4.69, 9.17) is 17.4 Å². The molecule has 0 saturated heterocycles. The first kappa shape index (κ1) is 13.2. The van der Waals surface area contributed by atoms with Crippen LogP contribution >= 0.6 is 39.3 Å². The Morgan fingerprint density at radius 2 is 2.16 bits per heavy atom. The summed E-state index contributed by atoms with van der Waals surface area (Å²) in [6.07, 6.45) is 0. The van der Waals surface area contributed by atoms with Gasteiger partial charge in [0.05, 0.1) is 5.69 Å². The molecular weight excluding hydrogens is 348 g/mol. The Hall–Kier alpha value is -0.820. The van der Waals surface area contributed by atoms with E-state index in [1.54, 1.807) is 0 Å². The quantitative estimate of drug-likeness (QED) is 0.635. The molecule has 1 aliphatic rings. The fourth-order valence-electron chi connectivity index (χ4n) is 1.96. The van der Waals surface area contributed by atoms with E-state index in [2.05, 4.69) is 31.3 Å². The van der Waals surface area contributed by atoms with Gasteiger partial charge in [-0.15, -0.1) is 0 Å². The lowest BCUT2D eigenvalue weighted by atomic mass is 10.2. The first-order chi connectivity index (χ1) is 9.19. The number of aromatic nitrogens is 2. The number of hydrogen-bond donors (Lipinski definition) is 2. The Bertz CT molecular complexity index is 650. The molecule has 19 heavy (non-hydrogen) atoms. The maximum atomic E-state index is 5.95. The minimum absolute atomic E-state index is 0.651. The number of nitrogen functional groups attached to an aromatic ring is 1. The van der Waals surface area contributed by atoms with Crippen molar-refractivity contribution in [2.24, 2.45) is 5.84 Å². The Morgan fingerprint density at radius 1 is 1.32 bits per heavy atom. The summed E-state index contributed by atoms with van der Waals surface area (Å²) in [5.41, 5.74) is 5.71. The van der Waals surface area contributed by atoms with Crippen molar-refractivity contribution in [3.63, 3.8) is 0 Å². The van der Waals surface area contributed by atoms with Crippen molar-refractivity contribution in [1.82, 2.24) is 9.97 Å². The smallest absolute Gasteiger partial charge is 0.163 e. The van der Waals surface area contributed by atoms with Gasteiger partial charge in [-0.3, -0.25) is 0 Å². The SMILES string of the molecule is NNc1nc(-c2ccc(Cl)cc2Br)nc2c1CSC2. The van der Waals surface area contributed by atoms with Crippen LogP contribution < -0.4 is 11.3 Å². The summed E-state index contributed by atoms with van der Waals surface area (Å²) in [5, 5.41) is 0.671. The molecule has 3 N–H and O–H groups in total. The zero-order valence-electron chi connectivity index (χ0n) is 9.78. The van der Waals surface area contributed by atoms with E-state index in [0.717, 1.165) is 32.8 Å². The highest BCUT2D eigenvalue weighted by Gasteiger charge is 2.20. The fourth-order valence-corrected chi connectivity index (χ4v) is 3.86. The van der Waals surface area contributed by atoms with Gasteiger partial charge < -0.3 is 5.43 Å². The molecule has 0 radical (unpaired) electrons. The summed E-state index contributed by atoms with van der Waals surface area (Å²) in [6, 6.07) is 5.55. The third-order valence-electron chi connectivity index (χ3n) is 2.89. The summed E-state index contributed by atoms with van der Waals surface area (Å²) in [5.74, 6) is 8.69. The lowest BCUT2D eigenvalue weighted by molar-refractivity contribution is 1.06. The van der Waals surface area contributed by atoms with Gasteiger partial charge in [-0.25, -0.2) is 15.8 Å². The van der Waals surface area contributed by atoms with Crippen molar-refractivity contribution in [3.05, 3.63) is 39.0 Å². The molecule has 0 unspecified atom stereocenters. The van der Waals surface area contributed by atoms with Gasteiger partial charge in [-0.05, 0) is 34.1 Å². The largest absolute Gasteiger partial charge is 0.308 e. The Morgan fingerprint density at radius 3 is 2.89 bits per heavy atom. The van der Waals surface area contributed by atoms with Gasteiger partial charge >= 0.3 is 0 Å². The van der Waals surface area contributed by atoms with E-state index in [1.807, 2.05) is 30.0 Å². The van der Waals surface area contributed by atoms with Crippen molar-refractivity contribution in [2.45, 2.75) is 11.5 Å². The second kappa shape index (κ2) is 5.28.